The zero-order chi connectivity index (χ0) is 20.0. The summed E-state index contributed by atoms with van der Waals surface area (Å²) in [5.41, 5.74) is 6.08. The molecule has 2 atom stereocenters. The fourth-order valence-corrected chi connectivity index (χ4v) is 4.85. The molecular formula is C23H27NO4. The van der Waals surface area contributed by atoms with Gasteiger partial charge in [-0.05, 0) is 54.4 Å². The molecule has 2 aliphatic carbocycles. The average Bonchev–Trinajstić information content (AvgIpc) is 3.01. The van der Waals surface area contributed by atoms with Crippen LogP contribution in [0.2, 0.25) is 0 Å². The lowest BCUT2D eigenvalue weighted by atomic mass is 9.73. The zero-order valence-corrected chi connectivity index (χ0v) is 15.9. The second-order valence-electron chi connectivity index (χ2n) is 7.70. The normalized spacial score (nSPS) is 22.4. The van der Waals surface area contributed by atoms with Gasteiger partial charge in [0.1, 0.15) is 0 Å². The van der Waals surface area contributed by atoms with E-state index < -0.39 is 5.97 Å². The quantitative estimate of drug-likeness (QED) is 0.707. The lowest BCUT2D eigenvalue weighted by molar-refractivity contribution is -0.136. The van der Waals surface area contributed by atoms with Crippen molar-refractivity contribution in [3.8, 4) is 0 Å². The number of hydrogen-bond donors (Lipinski definition) is 3. The van der Waals surface area contributed by atoms with Crippen LogP contribution in [0.15, 0.2) is 48.5 Å². The van der Waals surface area contributed by atoms with Crippen molar-refractivity contribution in [1.82, 2.24) is 5.32 Å². The second kappa shape index (κ2) is 9.02. The van der Waals surface area contributed by atoms with Crippen LogP contribution in [0.1, 0.15) is 47.9 Å². The molecular weight excluding hydrogens is 354 g/mol. The molecule has 148 valence electrons. The van der Waals surface area contributed by atoms with Crippen molar-refractivity contribution < 1.29 is 19.8 Å². The summed E-state index contributed by atoms with van der Waals surface area (Å²) in [7, 11) is 0. The molecule has 2 aliphatic rings. The summed E-state index contributed by atoms with van der Waals surface area (Å²) in [6.07, 6.45) is 5.70. The molecule has 0 saturated heterocycles. The Morgan fingerprint density at radius 2 is 1.75 bits per heavy atom. The highest BCUT2D eigenvalue weighted by molar-refractivity contribution is 5.66. The zero-order valence-electron chi connectivity index (χ0n) is 15.9. The summed E-state index contributed by atoms with van der Waals surface area (Å²) in [6.45, 7) is 0.314. The van der Waals surface area contributed by atoms with E-state index in [2.05, 4.69) is 53.8 Å². The van der Waals surface area contributed by atoms with Crippen LogP contribution in [0.4, 0.5) is 0 Å². The highest BCUT2D eigenvalue weighted by Crippen LogP contribution is 2.47. The van der Waals surface area contributed by atoms with Gasteiger partial charge in [0.05, 0.1) is 6.42 Å². The van der Waals surface area contributed by atoms with Crippen LogP contribution in [0, 0.1) is 0 Å². The van der Waals surface area contributed by atoms with Gasteiger partial charge in [-0.15, -0.1) is 0 Å². The molecule has 1 spiro atoms. The number of hydrogen-bond acceptors (Lipinski definition) is 3. The predicted molar refractivity (Wildman–Crippen MR) is 108 cm³/mol. The molecule has 1 saturated carbocycles. The van der Waals surface area contributed by atoms with Gasteiger partial charge in [-0.3, -0.25) is 9.59 Å². The number of nitrogens with one attached hydrogen (secondary N) is 1. The highest BCUT2D eigenvalue weighted by Gasteiger charge is 2.42. The number of carboxylic acid groups (broad SMARTS) is 2. The molecule has 28 heavy (non-hydrogen) atoms. The molecule has 4 rings (SSSR count). The minimum absolute atomic E-state index is 0.185. The summed E-state index contributed by atoms with van der Waals surface area (Å²) < 4.78 is 0. The molecule has 0 heterocycles. The number of rotatable bonds is 4. The van der Waals surface area contributed by atoms with E-state index in [-0.39, 0.29) is 18.3 Å². The van der Waals surface area contributed by atoms with Crippen molar-refractivity contribution in [2.45, 2.75) is 50.0 Å². The molecule has 1 fully saturated rings. The van der Waals surface area contributed by atoms with Crippen molar-refractivity contribution in [3.63, 3.8) is 0 Å². The van der Waals surface area contributed by atoms with E-state index >= 15 is 0 Å². The van der Waals surface area contributed by atoms with Crippen LogP contribution < -0.4 is 5.32 Å². The molecule has 0 radical (unpaired) electrons. The number of carboxylic acids is 1. The molecule has 0 aromatic heterocycles. The van der Waals surface area contributed by atoms with E-state index in [0.717, 1.165) is 25.7 Å². The van der Waals surface area contributed by atoms with Gasteiger partial charge in [-0.2, -0.15) is 0 Å². The summed E-state index contributed by atoms with van der Waals surface area (Å²) in [5, 5.41) is 19.2. The summed E-state index contributed by atoms with van der Waals surface area (Å²) in [6, 6.07) is 18.2. The smallest absolute Gasteiger partial charge is 0.304 e. The maximum Gasteiger partial charge on any atom is 0.304 e. The molecule has 2 unspecified atom stereocenters. The first kappa shape index (κ1) is 20.1. The first-order chi connectivity index (χ1) is 13.6. The number of benzene rings is 2. The average molecular weight is 381 g/mol. The molecule has 0 bridgehead atoms. The van der Waals surface area contributed by atoms with Gasteiger partial charge >= 0.3 is 5.97 Å². The predicted octanol–water partition coefficient (Wildman–Crippen LogP) is 3.39. The fraction of sp³-hybridized carbons (Fsp3) is 0.391. The third-order valence-corrected chi connectivity index (χ3v) is 6.00. The molecule has 0 aliphatic heterocycles. The van der Waals surface area contributed by atoms with Gasteiger partial charge in [-0.1, -0.05) is 48.5 Å². The third kappa shape index (κ3) is 4.42. The first-order valence-electron chi connectivity index (χ1n) is 9.76. The molecule has 0 amide bonds. The molecule has 3 N–H and O–H groups in total. The van der Waals surface area contributed by atoms with Crippen molar-refractivity contribution in [2.24, 2.45) is 0 Å². The lowest BCUT2D eigenvalue weighted by Gasteiger charge is -2.31. The summed E-state index contributed by atoms with van der Waals surface area (Å²) >= 11 is 0. The van der Waals surface area contributed by atoms with Crippen molar-refractivity contribution in [2.75, 3.05) is 6.54 Å². The van der Waals surface area contributed by atoms with E-state index in [4.69, 9.17) is 15.0 Å². The van der Waals surface area contributed by atoms with Crippen molar-refractivity contribution in [3.05, 3.63) is 70.8 Å². The fourth-order valence-electron chi connectivity index (χ4n) is 4.85. The van der Waals surface area contributed by atoms with Gasteiger partial charge in [0, 0.05) is 18.0 Å². The van der Waals surface area contributed by atoms with Crippen LogP contribution in [-0.2, 0) is 27.8 Å². The largest absolute Gasteiger partial charge is 0.483 e. The van der Waals surface area contributed by atoms with Crippen LogP contribution in [0.25, 0.3) is 0 Å². The van der Waals surface area contributed by atoms with E-state index in [1.54, 1.807) is 0 Å². The number of fused-ring (bicyclic) bond motifs is 3. The van der Waals surface area contributed by atoms with Crippen LogP contribution in [0.3, 0.4) is 0 Å². The second-order valence-corrected chi connectivity index (χ2v) is 7.70. The monoisotopic (exact) mass is 381 g/mol. The Balaban J connectivity index is 0.000000706. The Morgan fingerprint density at radius 3 is 2.46 bits per heavy atom. The third-order valence-electron chi connectivity index (χ3n) is 6.00. The van der Waals surface area contributed by atoms with Gasteiger partial charge in [0.25, 0.3) is 6.47 Å². The van der Waals surface area contributed by atoms with Crippen LogP contribution in [-0.4, -0.2) is 35.2 Å². The molecule has 2 aromatic carbocycles. The Kier molecular flexibility index (Phi) is 6.47. The standard InChI is InChI=1S/C22H25NO2.CH2O2/c24-21(25)10-12-23-19-9-11-22(15-19)14-18-7-2-1-5-16(18)13-17-6-3-4-8-20(17)22;2-1-3/h1-8,19,23H,9-15H2,(H,24,25);1H,(H,2,3). The Labute approximate surface area is 165 Å². The van der Waals surface area contributed by atoms with E-state index in [1.165, 1.54) is 28.7 Å². The maximum absolute atomic E-state index is 10.8. The van der Waals surface area contributed by atoms with Crippen LogP contribution in [0.5, 0.6) is 0 Å². The van der Waals surface area contributed by atoms with Crippen molar-refractivity contribution in [1.29, 1.82) is 0 Å². The maximum atomic E-state index is 10.8. The minimum atomic E-state index is -0.728. The molecule has 5 nitrogen and oxygen atoms in total. The van der Waals surface area contributed by atoms with E-state index in [1.807, 2.05) is 0 Å². The SMILES string of the molecule is O=C(O)CCNC1CCC2(Cc3ccccc3Cc3ccccc32)C1.O=CO. The van der Waals surface area contributed by atoms with Gasteiger partial charge in [0.2, 0.25) is 0 Å². The highest BCUT2D eigenvalue weighted by atomic mass is 16.4. The lowest BCUT2D eigenvalue weighted by Crippen LogP contribution is -2.33. The van der Waals surface area contributed by atoms with Gasteiger partial charge in [0.15, 0.2) is 0 Å². The Hall–Kier alpha value is -2.66. The first-order valence-corrected chi connectivity index (χ1v) is 9.76. The summed E-state index contributed by atoms with van der Waals surface area (Å²) in [4.78, 5) is 19.1. The van der Waals surface area contributed by atoms with Crippen molar-refractivity contribution >= 4 is 12.4 Å². The van der Waals surface area contributed by atoms with E-state index in [9.17, 15) is 4.79 Å². The number of carbonyl (C=O) groups is 2. The Morgan fingerprint density at radius 1 is 1.11 bits per heavy atom. The summed E-state index contributed by atoms with van der Waals surface area (Å²) in [5.74, 6) is -0.728. The van der Waals surface area contributed by atoms with Gasteiger partial charge < -0.3 is 15.5 Å². The Bertz CT molecular complexity index is 835. The van der Waals surface area contributed by atoms with E-state index in [0.29, 0.717) is 12.6 Å². The topological polar surface area (TPSA) is 86.6 Å². The number of aliphatic carboxylic acids is 1. The molecule has 2 aromatic rings. The van der Waals surface area contributed by atoms with Gasteiger partial charge in [-0.25, -0.2) is 0 Å². The van der Waals surface area contributed by atoms with Crippen LogP contribution >= 0.6 is 0 Å². The molecule has 5 heteroatoms. The minimum Gasteiger partial charge on any atom is -0.483 e.